The molecular weight excluding hydrogens is 318 g/mol. The molecule has 4 heteroatoms. The largest absolute Gasteiger partial charge is 0.492 e. The number of rotatable bonds is 8. The monoisotopic (exact) mass is 343 g/mol. The number of halogens is 1. The molecule has 0 heterocycles. The topological polar surface area (TPSA) is 41.5 Å². The summed E-state index contributed by atoms with van der Waals surface area (Å²) in [5.41, 5.74) is 0.438. The van der Waals surface area contributed by atoms with Gasteiger partial charge in [-0.2, -0.15) is 0 Å². The van der Waals surface area contributed by atoms with Crippen molar-refractivity contribution in [2.24, 2.45) is 5.92 Å². The van der Waals surface area contributed by atoms with Gasteiger partial charge in [0.2, 0.25) is 0 Å². The van der Waals surface area contributed by atoms with Gasteiger partial charge in [0.25, 0.3) is 0 Å². The van der Waals surface area contributed by atoms with E-state index in [-0.39, 0.29) is 0 Å². The van der Waals surface area contributed by atoms with E-state index in [0.29, 0.717) is 18.9 Å². The van der Waals surface area contributed by atoms with Crippen LogP contribution in [0.3, 0.4) is 0 Å². The molecule has 0 amide bonds. The van der Waals surface area contributed by atoms with Gasteiger partial charge in [0, 0.05) is 18.5 Å². The molecule has 0 aliphatic carbocycles. The minimum atomic E-state index is -0.697. The standard InChI is InChI=1S/C16H26BrNO2/c1-12(2)10-18-11-13-6-5-7-14(17)15(13)20-9-8-16(3,4)19/h5-7,12,18-19H,8-11H2,1-4H3. The first-order chi connectivity index (χ1) is 9.29. The number of para-hydroxylation sites is 1. The Morgan fingerprint density at radius 3 is 2.65 bits per heavy atom. The Kier molecular flexibility index (Phi) is 7.00. The molecule has 0 atom stereocenters. The fourth-order valence-electron chi connectivity index (χ4n) is 1.75. The zero-order valence-corrected chi connectivity index (χ0v) is 14.5. The Labute approximate surface area is 130 Å². The second-order valence-corrected chi connectivity index (χ2v) is 7.02. The smallest absolute Gasteiger partial charge is 0.137 e. The maximum absolute atomic E-state index is 9.73. The van der Waals surface area contributed by atoms with Crippen LogP contribution in [0, 0.1) is 5.92 Å². The van der Waals surface area contributed by atoms with Gasteiger partial charge in [0.05, 0.1) is 16.7 Å². The van der Waals surface area contributed by atoms with Gasteiger partial charge in [-0.3, -0.25) is 0 Å². The SMILES string of the molecule is CC(C)CNCc1cccc(Br)c1OCCC(C)(C)O. The van der Waals surface area contributed by atoms with Crippen molar-refractivity contribution in [3.63, 3.8) is 0 Å². The molecule has 0 aliphatic heterocycles. The van der Waals surface area contributed by atoms with Crippen molar-refractivity contribution in [2.75, 3.05) is 13.2 Å². The Morgan fingerprint density at radius 1 is 1.35 bits per heavy atom. The van der Waals surface area contributed by atoms with Gasteiger partial charge < -0.3 is 15.2 Å². The van der Waals surface area contributed by atoms with Gasteiger partial charge in [0.15, 0.2) is 0 Å². The highest BCUT2D eigenvalue weighted by Gasteiger charge is 2.14. The van der Waals surface area contributed by atoms with E-state index in [1.165, 1.54) is 0 Å². The average Bonchev–Trinajstić information content (AvgIpc) is 2.30. The summed E-state index contributed by atoms with van der Waals surface area (Å²) in [6.45, 7) is 10.2. The summed E-state index contributed by atoms with van der Waals surface area (Å²) in [6, 6.07) is 6.06. The van der Waals surface area contributed by atoms with E-state index in [0.717, 1.165) is 28.9 Å². The summed E-state index contributed by atoms with van der Waals surface area (Å²) in [4.78, 5) is 0. The Balaban J connectivity index is 2.63. The summed E-state index contributed by atoms with van der Waals surface area (Å²) in [5, 5.41) is 13.2. The van der Waals surface area contributed by atoms with E-state index in [9.17, 15) is 5.11 Å². The summed E-state index contributed by atoms with van der Waals surface area (Å²) >= 11 is 3.53. The third-order valence-electron chi connectivity index (χ3n) is 2.88. The molecule has 114 valence electrons. The number of ether oxygens (including phenoxy) is 1. The fourth-order valence-corrected chi connectivity index (χ4v) is 2.27. The van der Waals surface area contributed by atoms with Gasteiger partial charge >= 0.3 is 0 Å². The van der Waals surface area contributed by atoms with Crippen LogP contribution in [0.15, 0.2) is 22.7 Å². The second kappa shape index (κ2) is 8.01. The molecule has 1 aromatic carbocycles. The molecule has 0 aromatic heterocycles. The number of nitrogens with one attached hydrogen (secondary N) is 1. The molecule has 0 saturated heterocycles. The lowest BCUT2D eigenvalue weighted by Crippen LogP contribution is -2.22. The molecule has 1 rings (SSSR count). The van der Waals surface area contributed by atoms with Crippen molar-refractivity contribution in [2.45, 2.75) is 46.3 Å². The van der Waals surface area contributed by atoms with E-state index in [2.05, 4.69) is 41.2 Å². The van der Waals surface area contributed by atoms with E-state index in [1.54, 1.807) is 13.8 Å². The van der Waals surface area contributed by atoms with Crippen molar-refractivity contribution in [3.8, 4) is 5.75 Å². The van der Waals surface area contributed by atoms with Gasteiger partial charge in [-0.25, -0.2) is 0 Å². The minimum Gasteiger partial charge on any atom is -0.492 e. The molecular formula is C16H26BrNO2. The van der Waals surface area contributed by atoms with Crippen molar-refractivity contribution in [1.29, 1.82) is 0 Å². The summed E-state index contributed by atoms with van der Waals surface area (Å²) in [5.74, 6) is 1.50. The molecule has 0 fully saturated rings. The molecule has 0 bridgehead atoms. The van der Waals surface area contributed by atoms with Crippen LogP contribution in [-0.2, 0) is 6.54 Å². The fraction of sp³-hybridized carbons (Fsp3) is 0.625. The highest BCUT2D eigenvalue weighted by Crippen LogP contribution is 2.29. The predicted molar refractivity (Wildman–Crippen MR) is 87.1 cm³/mol. The van der Waals surface area contributed by atoms with Gasteiger partial charge in [0.1, 0.15) is 5.75 Å². The third kappa shape index (κ3) is 6.73. The molecule has 0 saturated carbocycles. The maximum atomic E-state index is 9.73. The summed E-state index contributed by atoms with van der Waals surface area (Å²) < 4.78 is 6.81. The van der Waals surface area contributed by atoms with Crippen molar-refractivity contribution < 1.29 is 9.84 Å². The Hall–Kier alpha value is -0.580. The molecule has 1 aromatic rings. The van der Waals surface area contributed by atoms with Crippen LogP contribution < -0.4 is 10.1 Å². The molecule has 0 spiro atoms. The predicted octanol–water partition coefficient (Wildman–Crippen LogP) is 3.73. The van der Waals surface area contributed by atoms with Crippen LogP contribution >= 0.6 is 15.9 Å². The number of hydrogen-bond acceptors (Lipinski definition) is 3. The zero-order chi connectivity index (χ0) is 15.2. The lowest BCUT2D eigenvalue weighted by molar-refractivity contribution is 0.0551. The second-order valence-electron chi connectivity index (χ2n) is 6.16. The quantitative estimate of drug-likeness (QED) is 0.755. The van der Waals surface area contributed by atoms with E-state index in [4.69, 9.17) is 4.74 Å². The number of aliphatic hydroxyl groups is 1. The van der Waals surface area contributed by atoms with E-state index >= 15 is 0 Å². The highest BCUT2D eigenvalue weighted by molar-refractivity contribution is 9.10. The molecule has 0 radical (unpaired) electrons. The Bertz CT molecular complexity index is 413. The van der Waals surface area contributed by atoms with Crippen LogP contribution in [-0.4, -0.2) is 23.9 Å². The number of hydrogen-bond donors (Lipinski definition) is 2. The Morgan fingerprint density at radius 2 is 2.05 bits per heavy atom. The van der Waals surface area contributed by atoms with Gasteiger partial charge in [-0.05, 0) is 48.3 Å². The molecule has 20 heavy (non-hydrogen) atoms. The molecule has 0 aliphatic rings. The van der Waals surface area contributed by atoms with E-state index < -0.39 is 5.60 Å². The third-order valence-corrected chi connectivity index (χ3v) is 3.50. The van der Waals surface area contributed by atoms with Gasteiger partial charge in [-0.1, -0.05) is 26.0 Å². The first kappa shape index (κ1) is 17.5. The minimum absolute atomic E-state index is 0.503. The first-order valence-electron chi connectivity index (χ1n) is 7.13. The zero-order valence-electron chi connectivity index (χ0n) is 12.9. The molecule has 0 unspecified atom stereocenters. The lowest BCUT2D eigenvalue weighted by Gasteiger charge is -2.19. The van der Waals surface area contributed by atoms with Crippen molar-refractivity contribution in [3.05, 3.63) is 28.2 Å². The van der Waals surface area contributed by atoms with Crippen LogP contribution in [0.1, 0.15) is 39.7 Å². The molecule has 2 N–H and O–H groups in total. The maximum Gasteiger partial charge on any atom is 0.137 e. The summed E-state index contributed by atoms with van der Waals surface area (Å²) in [7, 11) is 0. The molecule has 3 nitrogen and oxygen atoms in total. The van der Waals surface area contributed by atoms with Gasteiger partial charge in [-0.15, -0.1) is 0 Å². The number of benzene rings is 1. The lowest BCUT2D eigenvalue weighted by atomic mass is 10.1. The van der Waals surface area contributed by atoms with Crippen molar-refractivity contribution in [1.82, 2.24) is 5.32 Å². The average molecular weight is 344 g/mol. The van der Waals surface area contributed by atoms with Crippen LogP contribution in [0.25, 0.3) is 0 Å². The summed E-state index contributed by atoms with van der Waals surface area (Å²) in [6.07, 6.45) is 0.604. The van der Waals surface area contributed by atoms with Crippen LogP contribution in [0.2, 0.25) is 0 Å². The first-order valence-corrected chi connectivity index (χ1v) is 7.92. The normalized spacial score (nSPS) is 11.9. The highest BCUT2D eigenvalue weighted by atomic mass is 79.9. The van der Waals surface area contributed by atoms with Crippen molar-refractivity contribution >= 4 is 15.9 Å². The van der Waals surface area contributed by atoms with Crippen LogP contribution in [0.5, 0.6) is 5.75 Å². The van der Waals surface area contributed by atoms with Crippen LogP contribution in [0.4, 0.5) is 0 Å². The van der Waals surface area contributed by atoms with E-state index in [1.807, 2.05) is 12.1 Å².